The van der Waals surface area contributed by atoms with Gasteiger partial charge in [-0.05, 0) is 13.7 Å². The average molecular weight is 174 g/mol. The predicted octanol–water partition coefficient (Wildman–Crippen LogP) is -0.269. The minimum absolute atomic E-state index is 1.10. The van der Waals surface area contributed by atoms with Crippen LogP contribution in [0.3, 0.4) is 0 Å². The Labute approximate surface area is 82.4 Å². The number of nitroso groups, excluding NO2 is 1. The van der Waals surface area contributed by atoms with Crippen molar-refractivity contribution in [1.82, 2.24) is 5.01 Å². The third-order valence-corrected chi connectivity index (χ3v) is 0.505. The van der Waals surface area contributed by atoms with Gasteiger partial charge >= 0.3 is 0 Å². The van der Waals surface area contributed by atoms with E-state index in [9.17, 15) is 15.1 Å². The summed E-state index contributed by atoms with van der Waals surface area (Å²) in [4.78, 5) is 10.8. The van der Waals surface area contributed by atoms with Crippen molar-refractivity contribution in [1.29, 1.82) is 0 Å². The summed E-state index contributed by atoms with van der Waals surface area (Å²) >= 11 is 0. The smallest absolute Gasteiger partial charge is 0.0705 e. The zero-order valence-electron chi connectivity index (χ0n) is 17.2. The van der Waals surface area contributed by atoms with Crippen molar-refractivity contribution in [3.05, 3.63) is 4.91 Å². The molecule has 0 radical (unpaired) electrons. The molecule has 0 aliphatic rings. The van der Waals surface area contributed by atoms with E-state index in [-0.39, 0.29) is 0 Å². The van der Waals surface area contributed by atoms with Crippen molar-refractivity contribution in [3.8, 4) is 0 Å². The van der Waals surface area contributed by atoms with E-state index in [0.717, 1.165) is 0 Å². The third-order valence-electron chi connectivity index (χ3n) is 0.505. The van der Waals surface area contributed by atoms with Crippen LogP contribution in [0.5, 0.6) is 0 Å². The van der Waals surface area contributed by atoms with Gasteiger partial charge in [-0.3, -0.25) is 5.01 Å². The number of aliphatic hydroxyl groups is 2. The van der Waals surface area contributed by atoms with Crippen LogP contribution in [-0.4, -0.2) is 40.4 Å². The van der Waals surface area contributed by atoms with Crippen LogP contribution in [0.1, 0.15) is 30.2 Å². The van der Waals surface area contributed by atoms with E-state index in [1.54, 1.807) is 5.29 Å². The highest BCUT2D eigenvalue weighted by atomic mass is 16.3. The van der Waals surface area contributed by atoms with E-state index in [2.05, 4.69) is 0 Å². The van der Waals surface area contributed by atoms with Crippen molar-refractivity contribution in [2.24, 2.45) is 5.29 Å². The van der Waals surface area contributed by atoms with Gasteiger partial charge in [0.15, 0.2) is 0 Å². The predicted molar refractivity (Wildman–Crippen MR) is 40.7 cm³/mol. The normalized spacial score (nSPS) is 42.4. The molecule has 2 N–H and O–H groups in total. The molecule has 0 rings (SSSR count). The van der Waals surface area contributed by atoms with Crippen molar-refractivity contribution < 1.29 is 26.7 Å². The molecule has 2 atom stereocenters. The lowest BCUT2D eigenvalue weighted by atomic mass is 10.3. The van der Waals surface area contributed by atoms with Crippen molar-refractivity contribution in [3.63, 3.8) is 0 Å². The van der Waals surface area contributed by atoms with Crippen LogP contribution in [-0.2, 0) is 0 Å². The number of hydrogen-bond acceptors (Lipinski definition) is 4. The van der Waals surface area contributed by atoms with Crippen molar-refractivity contribution in [2.75, 3.05) is 13.0 Å². The van der Waals surface area contributed by atoms with Gasteiger partial charge in [-0.25, -0.2) is 0 Å². The van der Waals surface area contributed by atoms with Crippen molar-refractivity contribution in [2.45, 2.75) is 25.9 Å². The molecule has 2 unspecified atom stereocenters. The molecule has 0 fully saturated rings. The van der Waals surface area contributed by atoms with Gasteiger partial charge in [-0.2, -0.15) is 0 Å². The lowest BCUT2D eigenvalue weighted by Crippen LogP contribution is -2.31. The van der Waals surface area contributed by atoms with Crippen LogP contribution < -0.4 is 0 Å². The zero-order chi connectivity index (χ0) is 19.3. The lowest BCUT2D eigenvalue weighted by molar-refractivity contribution is 0.0846. The molecule has 0 heterocycles. The van der Waals surface area contributed by atoms with E-state index in [4.69, 9.17) is 16.4 Å². The van der Waals surface area contributed by atoms with Crippen LogP contribution in [0.2, 0.25) is 0 Å². The molecule has 0 aliphatic heterocycles. The quantitative estimate of drug-likeness (QED) is 0.444. The highest BCUT2D eigenvalue weighted by Crippen LogP contribution is 1.94. The summed E-state index contributed by atoms with van der Waals surface area (Å²) < 4.78 is 85.1. The molecule has 0 aromatic rings. The number of hydrogen-bond donors (Lipinski definition) is 2. The Bertz CT molecular complexity index is 417. The van der Waals surface area contributed by atoms with Crippen LogP contribution >= 0.6 is 0 Å². The van der Waals surface area contributed by atoms with Gasteiger partial charge in [-0.1, -0.05) is 0 Å². The van der Waals surface area contributed by atoms with E-state index >= 15 is 0 Å². The molecule has 0 amide bonds. The molecule has 0 saturated carbocycles. The van der Waals surface area contributed by atoms with Crippen molar-refractivity contribution >= 4 is 0 Å². The first-order valence-electron chi connectivity index (χ1n) is 8.28. The second-order valence-electron chi connectivity index (χ2n) is 1.31. The molecule has 0 spiro atoms. The van der Waals surface area contributed by atoms with Gasteiger partial charge in [0.25, 0.3) is 0 Å². The summed E-state index contributed by atoms with van der Waals surface area (Å²) in [7, 11) is 0. The Hall–Kier alpha value is -0.680. The van der Waals surface area contributed by atoms with Gasteiger partial charge in [0, 0.05) is 8.22 Å². The highest BCUT2D eigenvalue weighted by Gasteiger charge is 2.08. The van der Waals surface area contributed by atoms with Gasteiger partial charge in [0.2, 0.25) is 0 Å². The first kappa shape index (κ1) is 1.97. The topological polar surface area (TPSA) is 73.1 Å². The van der Waals surface area contributed by atoms with Gasteiger partial charge < -0.3 is 10.2 Å². The van der Waals surface area contributed by atoms with Crippen LogP contribution in [0, 0.1) is 4.91 Å². The Morgan fingerprint density at radius 1 is 1.64 bits per heavy atom. The fourth-order valence-corrected chi connectivity index (χ4v) is 0.269. The van der Waals surface area contributed by atoms with Crippen LogP contribution in [0.25, 0.3) is 0 Å². The van der Waals surface area contributed by atoms with E-state index in [0.29, 0.717) is 0 Å². The van der Waals surface area contributed by atoms with E-state index in [1.807, 2.05) is 0 Å². The molecule has 11 heavy (non-hydrogen) atoms. The van der Waals surface area contributed by atoms with Gasteiger partial charge in [0.1, 0.15) is 0 Å². The fourth-order valence-electron chi connectivity index (χ4n) is 0.269. The van der Waals surface area contributed by atoms with Gasteiger partial charge in [0.05, 0.1) is 38.7 Å². The molecule has 0 aliphatic carbocycles. The summed E-state index contributed by atoms with van der Waals surface area (Å²) in [5.41, 5.74) is 0. The molecule has 5 heteroatoms. The molecule has 0 aromatic carbocycles. The Morgan fingerprint density at radius 3 is 2.36 bits per heavy atom. The number of rotatable bonds is 5. The van der Waals surface area contributed by atoms with Gasteiger partial charge in [-0.15, -0.1) is 4.91 Å². The van der Waals surface area contributed by atoms with Crippen LogP contribution in [0.15, 0.2) is 5.29 Å². The Balaban J connectivity index is 6.28. The first-order valence-corrected chi connectivity index (χ1v) is 2.28. The minimum Gasteiger partial charge on any atom is -0.392 e. The third kappa shape index (κ3) is 5.75. The molecular weight excluding hydrogens is 148 g/mol. The molecule has 0 saturated heterocycles. The largest absolute Gasteiger partial charge is 0.392 e. The maximum absolute atomic E-state index is 10.8. The molecule has 0 bridgehead atoms. The molecule has 5 nitrogen and oxygen atoms in total. The average Bonchev–Trinajstić information content (AvgIpc) is 2.25. The fraction of sp³-hybridized carbons (Fsp3) is 1.00. The molecule has 0 aromatic heterocycles. The lowest BCUT2D eigenvalue weighted by Gasteiger charge is -2.17. The summed E-state index contributed by atoms with van der Waals surface area (Å²) in [6.07, 6.45) is -8.29. The van der Waals surface area contributed by atoms with Crippen LogP contribution in [0.4, 0.5) is 0 Å². The summed E-state index contributed by atoms with van der Waals surface area (Å²) in [5, 5.41) is 19.8. The highest BCUT2D eigenvalue weighted by molar-refractivity contribution is 4.59. The van der Waals surface area contributed by atoms with E-state index < -0.39 is 43.9 Å². The second kappa shape index (κ2) is 5.03. The Morgan fingerprint density at radius 2 is 2.09 bits per heavy atom. The summed E-state index contributed by atoms with van der Waals surface area (Å²) in [6.45, 7) is -15.9. The maximum Gasteiger partial charge on any atom is 0.0705 e. The summed E-state index contributed by atoms with van der Waals surface area (Å²) in [5.74, 6) is 0. The number of nitrogens with zero attached hydrogens (tertiary/aromatic N) is 2. The monoisotopic (exact) mass is 174 g/mol. The first-order chi connectivity index (χ1) is 9.69. The Kier molecular flexibility index (Phi) is 0.903. The maximum atomic E-state index is 10.8. The minimum atomic E-state index is -4.15. The standard InChI is InChI=1S/C6H14N2O3/c1-5(9)3-8(7-11)4-6(2)10/h5-6,9-10H,3-4H2,1-2H3/i1D3,2D3,3D2,4D2,5D,6D. The zero-order valence-corrected chi connectivity index (χ0v) is 5.20. The molecular formula is C6H14N2O3. The second-order valence-corrected chi connectivity index (χ2v) is 1.31. The molecule has 66 valence electrons. The summed E-state index contributed by atoms with van der Waals surface area (Å²) in [6, 6.07) is 0. The van der Waals surface area contributed by atoms with E-state index in [1.165, 1.54) is 0 Å². The SMILES string of the molecule is [2H]C([2H])([2H])C([2H])(O)C([2H])([2H])N(N=O)C([2H])([2H])C([2H])(O)C([2H])([2H])[2H].